The lowest BCUT2D eigenvalue weighted by molar-refractivity contribution is 0.0730. The highest BCUT2D eigenvalue weighted by atomic mass is 32.2. The first-order valence-electron chi connectivity index (χ1n) is 11.7. The van der Waals surface area contributed by atoms with E-state index in [9.17, 15) is 13.2 Å². The summed E-state index contributed by atoms with van der Waals surface area (Å²) >= 11 is 0. The quantitative estimate of drug-likeness (QED) is 0.696. The maximum absolute atomic E-state index is 13.1. The van der Waals surface area contributed by atoms with Gasteiger partial charge in [-0.2, -0.15) is 4.31 Å². The lowest BCUT2D eigenvalue weighted by Crippen LogP contribution is -2.40. The molecule has 7 nitrogen and oxygen atoms in total. The topological polar surface area (TPSA) is 79.0 Å². The van der Waals surface area contributed by atoms with E-state index >= 15 is 0 Å². The Morgan fingerprint density at radius 2 is 1.79 bits per heavy atom. The van der Waals surface area contributed by atoms with Crippen LogP contribution in [0.2, 0.25) is 0 Å². The Morgan fingerprint density at radius 3 is 2.48 bits per heavy atom. The fourth-order valence-electron chi connectivity index (χ4n) is 4.47. The molecule has 0 radical (unpaired) electrons. The predicted molar refractivity (Wildman–Crippen MR) is 129 cm³/mol. The summed E-state index contributed by atoms with van der Waals surface area (Å²) in [6.07, 6.45) is 3.79. The molecule has 2 aliphatic rings. The van der Waals surface area contributed by atoms with E-state index in [-0.39, 0.29) is 10.8 Å². The number of nitrogens with zero attached hydrogens (tertiary/aromatic N) is 2. The zero-order valence-corrected chi connectivity index (χ0v) is 20.2. The van der Waals surface area contributed by atoms with Crippen LogP contribution >= 0.6 is 0 Å². The SMILES string of the molecule is Cc1ccc(C(=O)Nc2ccc(CN3CCCCC3C)cc2)cc1S(=O)(=O)N1CCOCC1. The van der Waals surface area contributed by atoms with Crippen molar-refractivity contribution in [1.29, 1.82) is 0 Å². The number of aryl methyl sites for hydroxylation is 1. The summed E-state index contributed by atoms with van der Waals surface area (Å²) in [5.74, 6) is -0.328. The van der Waals surface area contributed by atoms with Crippen molar-refractivity contribution in [3.05, 3.63) is 59.2 Å². The summed E-state index contributed by atoms with van der Waals surface area (Å²) in [5.41, 5.74) is 2.84. The number of amides is 1. The first kappa shape index (κ1) is 23.9. The van der Waals surface area contributed by atoms with Gasteiger partial charge in [-0.25, -0.2) is 8.42 Å². The van der Waals surface area contributed by atoms with Crippen LogP contribution in [0.25, 0.3) is 0 Å². The predicted octanol–water partition coefficient (Wildman–Crippen LogP) is 3.64. The normalized spacial score (nSPS) is 20.5. The van der Waals surface area contributed by atoms with E-state index in [0.717, 1.165) is 13.1 Å². The Kier molecular flexibility index (Phi) is 7.48. The Morgan fingerprint density at radius 1 is 1.06 bits per heavy atom. The molecule has 33 heavy (non-hydrogen) atoms. The largest absolute Gasteiger partial charge is 0.379 e. The van der Waals surface area contributed by atoms with Gasteiger partial charge in [0.1, 0.15) is 0 Å². The molecule has 1 atom stereocenters. The van der Waals surface area contributed by atoms with Crippen LogP contribution in [0, 0.1) is 6.92 Å². The van der Waals surface area contributed by atoms with Crippen molar-refractivity contribution < 1.29 is 17.9 Å². The van der Waals surface area contributed by atoms with Gasteiger partial charge < -0.3 is 10.1 Å². The summed E-state index contributed by atoms with van der Waals surface area (Å²) in [6, 6.07) is 13.3. The molecule has 2 heterocycles. The van der Waals surface area contributed by atoms with Crippen LogP contribution in [0.4, 0.5) is 5.69 Å². The second-order valence-electron chi connectivity index (χ2n) is 8.96. The van der Waals surface area contributed by atoms with E-state index in [1.165, 1.54) is 35.2 Å². The number of ether oxygens (including phenoxy) is 1. The van der Waals surface area contributed by atoms with Crippen LogP contribution in [-0.4, -0.2) is 62.4 Å². The molecule has 0 saturated carbocycles. The lowest BCUT2D eigenvalue weighted by atomic mass is 10.0. The number of hydrogen-bond acceptors (Lipinski definition) is 5. The fourth-order valence-corrected chi connectivity index (χ4v) is 6.13. The first-order chi connectivity index (χ1) is 15.8. The Bertz CT molecular complexity index is 1080. The Hall–Kier alpha value is -2.26. The molecule has 8 heteroatoms. The summed E-state index contributed by atoms with van der Waals surface area (Å²) in [5, 5.41) is 2.89. The molecule has 1 amide bonds. The molecule has 2 saturated heterocycles. The minimum atomic E-state index is -3.68. The van der Waals surface area contributed by atoms with Gasteiger partial charge in [0, 0.05) is 36.9 Å². The molecular formula is C25H33N3O4S. The smallest absolute Gasteiger partial charge is 0.255 e. The number of carbonyl (C=O) groups excluding carboxylic acids is 1. The van der Waals surface area contributed by atoms with Crippen LogP contribution in [0.15, 0.2) is 47.4 Å². The molecule has 178 valence electrons. The number of carbonyl (C=O) groups is 1. The van der Waals surface area contributed by atoms with Crippen LogP contribution < -0.4 is 5.32 Å². The number of morpholine rings is 1. The van der Waals surface area contributed by atoms with Gasteiger partial charge in [0.05, 0.1) is 18.1 Å². The van der Waals surface area contributed by atoms with Gasteiger partial charge in [-0.05, 0) is 68.6 Å². The third-order valence-electron chi connectivity index (χ3n) is 6.58. The Balaban J connectivity index is 1.44. The van der Waals surface area contributed by atoms with Gasteiger partial charge in [0.15, 0.2) is 0 Å². The van der Waals surface area contributed by atoms with E-state index in [4.69, 9.17) is 4.74 Å². The van der Waals surface area contributed by atoms with Gasteiger partial charge in [0.25, 0.3) is 5.91 Å². The van der Waals surface area contributed by atoms with Crippen molar-refractivity contribution in [2.75, 3.05) is 38.2 Å². The van der Waals surface area contributed by atoms with Gasteiger partial charge >= 0.3 is 0 Å². The monoisotopic (exact) mass is 471 g/mol. The summed E-state index contributed by atoms with van der Waals surface area (Å²) in [4.78, 5) is 15.5. The minimum absolute atomic E-state index is 0.169. The standard InChI is InChI=1S/C25H33N3O4S/c1-19-6-9-22(17-24(19)33(30,31)28-13-15-32-16-14-28)25(29)26-23-10-7-21(8-11-23)18-27-12-4-3-5-20(27)2/h6-11,17,20H,3-5,12-16,18H2,1-2H3,(H,26,29). The van der Waals surface area contributed by atoms with Gasteiger partial charge in [-0.3, -0.25) is 9.69 Å². The minimum Gasteiger partial charge on any atom is -0.379 e. The molecule has 4 rings (SSSR count). The van der Waals surface area contributed by atoms with Crippen LogP contribution in [0.1, 0.15) is 47.7 Å². The fraction of sp³-hybridized carbons (Fsp3) is 0.480. The van der Waals surface area contributed by atoms with Crippen LogP contribution in [-0.2, 0) is 21.3 Å². The highest BCUT2D eigenvalue weighted by Crippen LogP contribution is 2.24. The Labute approximate surface area is 196 Å². The number of piperidine rings is 1. The molecule has 2 aromatic rings. The maximum Gasteiger partial charge on any atom is 0.255 e. The molecule has 2 fully saturated rings. The molecular weight excluding hydrogens is 438 g/mol. The van der Waals surface area contributed by atoms with E-state index in [1.54, 1.807) is 19.1 Å². The summed E-state index contributed by atoms with van der Waals surface area (Å²) < 4.78 is 32.9. The van der Waals surface area contributed by atoms with Crippen molar-refractivity contribution in [3.8, 4) is 0 Å². The number of benzene rings is 2. The van der Waals surface area contributed by atoms with Gasteiger partial charge in [-0.1, -0.05) is 24.6 Å². The highest BCUT2D eigenvalue weighted by Gasteiger charge is 2.28. The molecule has 0 spiro atoms. The number of likely N-dealkylation sites (tertiary alicyclic amines) is 1. The second-order valence-corrected chi connectivity index (χ2v) is 10.9. The van der Waals surface area contributed by atoms with Crippen molar-refractivity contribution in [2.24, 2.45) is 0 Å². The number of hydrogen-bond donors (Lipinski definition) is 1. The molecule has 2 aromatic carbocycles. The number of sulfonamides is 1. The van der Waals surface area contributed by atoms with Gasteiger partial charge in [0.2, 0.25) is 10.0 Å². The van der Waals surface area contributed by atoms with Crippen LogP contribution in [0.5, 0.6) is 0 Å². The van der Waals surface area contributed by atoms with E-state index < -0.39 is 10.0 Å². The van der Waals surface area contributed by atoms with E-state index in [1.807, 2.05) is 24.3 Å². The summed E-state index contributed by atoms with van der Waals surface area (Å²) in [6.45, 7) is 7.47. The van der Waals surface area contributed by atoms with Crippen molar-refractivity contribution >= 4 is 21.6 Å². The average Bonchev–Trinajstić information content (AvgIpc) is 2.82. The van der Waals surface area contributed by atoms with Gasteiger partial charge in [-0.15, -0.1) is 0 Å². The van der Waals surface area contributed by atoms with Crippen molar-refractivity contribution in [3.63, 3.8) is 0 Å². The lowest BCUT2D eigenvalue weighted by Gasteiger charge is -2.33. The number of nitrogens with one attached hydrogen (secondary N) is 1. The zero-order valence-electron chi connectivity index (χ0n) is 19.4. The first-order valence-corrected chi connectivity index (χ1v) is 13.1. The molecule has 1 N–H and O–H groups in total. The molecule has 0 aliphatic carbocycles. The molecule has 1 unspecified atom stereocenters. The van der Waals surface area contributed by atoms with E-state index in [2.05, 4.69) is 17.1 Å². The maximum atomic E-state index is 13.1. The summed E-state index contributed by atoms with van der Waals surface area (Å²) in [7, 11) is -3.68. The molecule has 0 bridgehead atoms. The molecule has 0 aromatic heterocycles. The molecule has 2 aliphatic heterocycles. The van der Waals surface area contributed by atoms with Crippen molar-refractivity contribution in [2.45, 2.75) is 50.6 Å². The third-order valence-corrected chi connectivity index (χ3v) is 8.62. The number of rotatable bonds is 6. The zero-order chi connectivity index (χ0) is 23.4. The van der Waals surface area contributed by atoms with Crippen LogP contribution in [0.3, 0.4) is 0 Å². The highest BCUT2D eigenvalue weighted by molar-refractivity contribution is 7.89. The second kappa shape index (κ2) is 10.3. The van der Waals surface area contributed by atoms with Crippen molar-refractivity contribution in [1.82, 2.24) is 9.21 Å². The van der Waals surface area contributed by atoms with E-state index in [0.29, 0.717) is 49.2 Å². The number of anilines is 1. The average molecular weight is 472 g/mol. The third kappa shape index (κ3) is 5.63.